The molecule has 0 unspecified atom stereocenters. The van der Waals surface area contributed by atoms with Crippen LogP contribution in [0.3, 0.4) is 0 Å². The van der Waals surface area contributed by atoms with Crippen LogP contribution in [0.4, 0.5) is 0 Å². The van der Waals surface area contributed by atoms with E-state index in [0.717, 1.165) is 0 Å². The highest BCUT2D eigenvalue weighted by atomic mass is 79.9. The molecule has 0 aromatic rings. The minimum absolute atomic E-state index is 0. The third-order valence-electron chi connectivity index (χ3n) is 6.00. The average Bonchev–Trinajstić information content (AvgIpc) is 2.59. The van der Waals surface area contributed by atoms with Gasteiger partial charge in [0.2, 0.25) is 0 Å². The zero-order valence-corrected chi connectivity index (χ0v) is 20.5. The number of hydrogen-bond acceptors (Lipinski definition) is 0. The Morgan fingerprint density at radius 1 is 0.458 bits per heavy atom. The van der Waals surface area contributed by atoms with E-state index in [1.54, 1.807) is 0 Å². The molecule has 152 valence electrons. The molecular formula is C20H48BrClN2. The quantitative estimate of drug-likeness (QED) is 0.360. The highest BCUT2D eigenvalue weighted by molar-refractivity contribution is 4.39. The van der Waals surface area contributed by atoms with Crippen LogP contribution in [0.15, 0.2) is 0 Å². The molecular weight excluding hydrogens is 384 g/mol. The number of unbranched alkanes of at least 4 members (excludes halogenated alkanes) is 2. The maximum Gasteiger partial charge on any atom is 0.0786 e. The van der Waals surface area contributed by atoms with Gasteiger partial charge in [-0.25, -0.2) is 0 Å². The van der Waals surface area contributed by atoms with E-state index in [-0.39, 0.29) is 29.4 Å². The van der Waals surface area contributed by atoms with Crippen molar-refractivity contribution in [3.05, 3.63) is 0 Å². The lowest BCUT2D eigenvalue weighted by molar-refractivity contribution is -0.923. The molecule has 0 saturated carbocycles. The van der Waals surface area contributed by atoms with Crippen molar-refractivity contribution in [2.24, 2.45) is 0 Å². The fraction of sp³-hybridized carbons (Fsp3) is 1.00. The summed E-state index contributed by atoms with van der Waals surface area (Å²) in [5.74, 6) is 0. The average molecular weight is 432 g/mol. The summed E-state index contributed by atoms with van der Waals surface area (Å²) in [4.78, 5) is 0. The van der Waals surface area contributed by atoms with Crippen molar-refractivity contribution in [1.29, 1.82) is 0 Å². The minimum atomic E-state index is 0. The van der Waals surface area contributed by atoms with Gasteiger partial charge < -0.3 is 38.4 Å². The molecule has 0 fully saturated rings. The molecule has 0 aliphatic carbocycles. The molecule has 2 nitrogen and oxygen atoms in total. The predicted molar refractivity (Wildman–Crippen MR) is 103 cm³/mol. The Balaban J connectivity index is -0.000000154. The van der Waals surface area contributed by atoms with E-state index in [4.69, 9.17) is 0 Å². The third-order valence-corrected chi connectivity index (χ3v) is 6.00. The first-order chi connectivity index (χ1) is 10.5. The van der Waals surface area contributed by atoms with Gasteiger partial charge in [-0.2, -0.15) is 0 Å². The van der Waals surface area contributed by atoms with Crippen molar-refractivity contribution < 1.29 is 38.4 Å². The first kappa shape index (κ1) is 32.4. The number of rotatable bonds is 12. The predicted octanol–water partition coefficient (Wildman–Crippen LogP) is -0.666. The molecule has 0 bridgehead atoms. The maximum absolute atomic E-state index is 2.31. The van der Waals surface area contributed by atoms with Gasteiger partial charge in [0.1, 0.15) is 0 Å². The summed E-state index contributed by atoms with van der Waals surface area (Å²) in [6.07, 6.45) is 5.44. The summed E-state index contributed by atoms with van der Waals surface area (Å²) < 4.78 is 2.63. The van der Waals surface area contributed by atoms with Crippen LogP contribution in [-0.2, 0) is 0 Å². The van der Waals surface area contributed by atoms with E-state index in [0.29, 0.717) is 0 Å². The molecule has 0 rings (SSSR count). The first-order valence-electron chi connectivity index (χ1n) is 10.2. The monoisotopic (exact) mass is 430 g/mol. The second kappa shape index (κ2) is 20.0. The lowest BCUT2D eigenvalue weighted by Gasteiger charge is -2.35. The molecule has 0 aromatic heterocycles. The molecule has 0 amide bonds. The second-order valence-corrected chi connectivity index (χ2v) is 6.73. The first-order valence-corrected chi connectivity index (χ1v) is 10.2. The Morgan fingerprint density at radius 2 is 0.667 bits per heavy atom. The largest absolute Gasteiger partial charge is 1.00 e. The van der Waals surface area contributed by atoms with Crippen LogP contribution < -0.4 is 29.4 Å². The van der Waals surface area contributed by atoms with Crippen LogP contribution >= 0.6 is 0 Å². The van der Waals surface area contributed by atoms with Crippen LogP contribution in [0, 0.1) is 0 Å². The van der Waals surface area contributed by atoms with E-state index in [9.17, 15) is 0 Å². The molecule has 0 N–H and O–H groups in total. The lowest BCUT2D eigenvalue weighted by Crippen LogP contribution is -3.00. The fourth-order valence-corrected chi connectivity index (χ4v) is 3.28. The Hall–Kier alpha value is 0.690. The molecule has 4 heteroatoms. The van der Waals surface area contributed by atoms with Crippen LogP contribution in [0.1, 0.15) is 81.1 Å². The molecule has 24 heavy (non-hydrogen) atoms. The molecule has 0 spiro atoms. The smallest absolute Gasteiger partial charge is 0.0786 e. The van der Waals surface area contributed by atoms with Gasteiger partial charge in [0.05, 0.1) is 52.4 Å². The summed E-state index contributed by atoms with van der Waals surface area (Å²) in [7, 11) is 0. The molecule has 0 aromatic carbocycles. The van der Waals surface area contributed by atoms with Crippen molar-refractivity contribution in [2.45, 2.75) is 81.1 Å². The number of halogens is 2. The third kappa shape index (κ3) is 13.0. The number of quaternary nitrogens is 2. The summed E-state index contributed by atoms with van der Waals surface area (Å²) in [5, 5.41) is 0. The van der Waals surface area contributed by atoms with Gasteiger partial charge in [0.25, 0.3) is 0 Å². The normalized spacial score (nSPS) is 11.0. The fourth-order valence-electron chi connectivity index (χ4n) is 3.28. The highest BCUT2D eigenvalue weighted by Crippen LogP contribution is 2.08. The van der Waals surface area contributed by atoms with E-state index < -0.39 is 0 Å². The Labute approximate surface area is 171 Å². The van der Waals surface area contributed by atoms with E-state index in [1.807, 2.05) is 0 Å². The highest BCUT2D eigenvalue weighted by Gasteiger charge is 2.19. The second-order valence-electron chi connectivity index (χ2n) is 6.73. The van der Waals surface area contributed by atoms with Crippen molar-refractivity contribution in [3.63, 3.8) is 0 Å². The van der Waals surface area contributed by atoms with Gasteiger partial charge in [-0.1, -0.05) is 26.7 Å². The summed E-state index contributed by atoms with van der Waals surface area (Å²) in [6, 6.07) is 0. The topological polar surface area (TPSA) is 0 Å². The van der Waals surface area contributed by atoms with Gasteiger partial charge in [-0.15, -0.1) is 0 Å². The summed E-state index contributed by atoms with van der Waals surface area (Å²) in [5.41, 5.74) is 0. The number of hydrogen-bond donors (Lipinski definition) is 0. The molecule has 0 radical (unpaired) electrons. The van der Waals surface area contributed by atoms with E-state index >= 15 is 0 Å². The Bertz CT molecular complexity index is 189. The number of nitrogens with zero attached hydrogens (tertiary/aromatic N) is 2. The van der Waals surface area contributed by atoms with Gasteiger partial charge in [-0.3, -0.25) is 0 Å². The van der Waals surface area contributed by atoms with Crippen LogP contribution in [0.2, 0.25) is 0 Å². The lowest BCUT2D eigenvalue weighted by atomic mass is 10.2. The van der Waals surface area contributed by atoms with Crippen LogP contribution in [0.25, 0.3) is 0 Å². The van der Waals surface area contributed by atoms with Crippen molar-refractivity contribution in [1.82, 2.24) is 0 Å². The van der Waals surface area contributed by atoms with Crippen molar-refractivity contribution in [3.8, 4) is 0 Å². The minimum Gasteiger partial charge on any atom is -1.00 e. The zero-order chi connectivity index (χ0) is 17.5. The van der Waals surface area contributed by atoms with Crippen LogP contribution in [-0.4, -0.2) is 61.3 Å². The zero-order valence-electron chi connectivity index (χ0n) is 18.1. The Kier molecular flexibility index (Phi) is 27.0. The standard InChI is InChI=1S/2C10H24N.BrH.ClH/c2*1-5-9-10-11(6-2,7-3)8-4;;/h2*5-10H2,1-4H3;2*1H/q2*+1;;/p-2. The van der Waals surface area contributed by atoms with E-state index in [1.165, 1.54) is 87.0 Å². The van der Waals surface area contributed by atoms with Gasteiger partial charge in [-0.05, 0) is 54.4 Å². The Morgan fingerprint density at radius 3 is 0.792 bits per heavy atom. The SMILES string of the molecule is CCCC[N+](CC)(CC)CC.CCCC[N+](CC)(CC)CC.[Br-].[Cl-]. The van der Waals surface area contributed by atoms with Gasteiger partial charge in [0, 0.05) is 0 Å². The van der Waals surface area contributed by atoms with E-state index in [2.05, 4.69) is 55.4 Å². The maximum atomic E-state index is 2.31. The van der Waals surface area contributed by atoms with Gasteiger partial charge >= 0.3 is 0 Å². The summed E-state index contributed by atoms with van der Waals surface area (Å²) >= 11 is 0. The molecule has 0 aliphatic rings. The molecule has 0 aliphatic heterocycles. The van der Waals surface area contributed by atoms with Crippen LogP contribution in [0.5, 0.6) is 0 Å². The van der Waals surface area contributed by atoms with Gasteiger partial charge in [0.15, 0.2) is 0 Å². The molecule has 0 saturated heterocycles. The van der Waals surface area contributed by atoms with Crippen molar-refractivity contribution >= 4 is 0 Å². The molecule has 0 heterocycles. The van der Waals surface area contributed by atoms with Crippen molar-refractivity contribution in [2.75, 3.05) is 52.4 Å². The molecule has 0 atom stereocenters. The summed E-state index contributed by atoms with van der Waals surface area (Å²) in [6.45, 7) is 28.9.